The van der Waals surface area contributed by atoms with Gasteiger partial charge in [0, 0.05) is 32.1 Å². The number of hydrogen-bond acceptors (Lipinski definition) is 15. The standard InChI is InChI=1S/C43H59NO15/c1-21(2)17-26(44-38(52)59-39(6,7)8)31(48)37(51)56-27-19-43(53)35(57-36(50)25-15-13-12-14-16-25)33-41(11,28(47)18-29-42(33,20-54-29)58-24(5)46)34(49)32(55-23(4)45)30(22(27)3)40(43,9)10/h12-16,21,26-29,31-33,35,47-48,53H,17-20H2,1-11H3,(H,44,52)/t26-,27-,28-,29+,31-,32-,33-,35-,41+,42-,43+/m0/s1. The summed E-state index contributed by atoms with van der Waals surface area (Å²) < 4.78 is 35.5. The lowest BCUT2D eigenvalue weighted by molar-refractivity contribution is -0.346. The van der Waals surface area contributed by atoms with Crippen LogP contribution in [-0.4, -0.2) is 117 Å². The van der Waals surface area contributed by atoms with E-state index < -0.39 is 118 Å². The van der Waals surface area contributed by atoms with E-state index in [1.54, 1.807) is 52.8 Å². The average molecular weight is 830 g/mol. The van der Waals surface area contributed by atoms with Crippen LogP contribution < -0.4 is 5.32 Å². The fourth-order valence-corrected chi connectivity index (χ4v) is 9.63. The Balaban J connectivity index is 1.72. The van der Waals surface area contributed by atoms with Crippen molar-refractivity contribution in [3.63, 3.8) is 0 Å². The molecule has 1 heterocycles. The van der Waals surface area contributed by atoms with Crippen molar-refractivity contribution in [2.45, 2.75) is 155 Å². The molecule has 4 N–H and O–H groups in total. The number of ether oxygens (including phenoxy) is 6. The minimum atomic E-state index is -2.37. The minimum absolute atomic E-state index is 0.00510. The van der Waals surface area contributed by atoms with Crippen molar-refractivity contribution in [1.82, 2.24) is 5.32 Å². The van der Waals surface area contributed by atoms with Crippen molar-refractivity contribution in [2.24, 2.45) is 22.7 Å². The first kappa shape index (κ1) is 45.7. The van der Waals surface area contributed by atoms with Gasteiger partial charge in [-0.2, -0.15) is 0 Å². The van der Waals surface area contributed by atoms with Crippen LogP contribution in [0, 0.1) is 22.7 Å². The third-order valence-corrected chi connectivity index (χ3v) is 12.5. The molecule has 2 bridgehead atoms. The topological polar surface area (TPSA) is 231 Å². The largest absolute Gasteiger partial charge is 0.456 e. The van der Waals surface area contributed by atoms with E-state index in [0.717, 1.165) is 13.8 Å². The summed E-state index contributed by atoms with van der Waals surface area (Å²) >= 11 is 0. The van der Waals surface area contributed by atoms with Crippen molar-refractivity contribution >= 4 is 35.8 Å². The van der Waals surface area contributed by atoms with E-state index in [0.29, 0.717) is 0 Å². The Hall–Kier alpha value is -4.38. The van der Waals surface area contributed by atoms with Crippen LogP contribution in [0.1, 0.15) is 106 Å². The van der Waals surface area contributed by atoms with Crippen LogP contribution in [0.25, 0.3) is 0 Å². The molecule has 1 aromatic rings. The quantitative estimate of drug-likeness (QED) is 0.150. The Morgan fingerprint density at radius 1 is 0.983 bits per heavy atom. The van der Waals surface area contributed by atoms with E-state index in [4.69, 9.17) is 28.4 Å². The van der Waals surface area contributed by atoms with Gasteiger partial charge in [-0.1, -0.05) is 45.9 Å². The van der Waals surface area contributed by atoms with Gasteiger partial charge in [-0.05, 0) is 70.2 Å². The Labute approximate surface area is 344 Å². The number of nitrogens with one attached hydrogen (secondary N) is 1. The number of alkyl carbamates (subject to hydrolysis) is 1. The highest BCUT2D eigenvalue weighted by Crippen LogP contribution is 2.64. The molecule has 0 unspecified atom stereocenters. The number of benzene rings is 1. The molecule has 326 valence electrons. The lowest BCUT2D eigenvalue weighted by Crippen LogP contribution is -2.82. The second-order valence-corrected chi connectivity index (χ2v) is 18.5. The van der Waals surface area contributed by atoms with E-state index in [1.807, 2.05) is 13.8 Å². The van der Waals surface area contributed by atoms with E-state index in [2.05, 4.69) is 5.32 Å². The first-order valence-electron chi connectivity index (χ1n) is 20.0. The van der Waals surface area contributed by atoms with Gasteiger partial charge in [0.25, 0.3) is 0 Å². The summed E-state index contributed by atoms with van der Waals surface area (Å²) in [6.45, 7) is 16.6. The second kappa shape index (κ2) is 16.2. The zero-order chi connectivity index (χ0) is 44.2. The molecule has 3 fully saturated rings. The molecule has 16 heteroatoms. The molecule has 0 spiro atoms. The third kappa shape index (κ3) is 8.25. The number of hydrogen-bond donors (Lipinski definition) is 4. The van der Waals surface area contributed by atoms with Crippen molar-refractivity contribution in [2.75, 3.05) is 6.61 Å². The Kier molecular flexibility index (Phi) is 12.6. The van der Waals surface area contributed by atoms with Crippen LogP contribution in [0.15, 0.2) is 41.5 Å². The van der Waals surface area contributed by atoms with Gasteiger partial charge in [0.15, 0.2) is 23.6 Å². The van der Waals surface area contributed by atoms with Gasteiger partial charge in [0.1, 0.15) is 29.5 Å². The highest BCUT2D eigenvalue weighted by molar-refractivity contribution is 5.95. The van der Waals surface area contributed by atoms with Crippen LogP contribution in [-0.2, 0) is 47.6 Å². The molecule has 59 heavy (non-hydrogen) atoms. The number of aliphatic hydroxyl groups is 3. The predicted molar refractivity (Wildman–Crippen MR) is 207 cm³/mol. The van der Waals surface area contributed by atoms with Gasteiger partial charge in [-0.3, -0.25) is 14.4 Å². The maximum Gasteiger partial charge on any atom is 0.407 e. The summed E-state index contributed by atoms with van der Waals surface area (Å²) in [5.74, 6) is -6.31. The Bertz CT molecular complexity index is 1870. The van der Waals surface area contributed by atoms with Gasteiger partial charge < -0.3 is 49.1 Å². The summed E-state index contributed by atoms with van der Waals surface area (Å²) in [6.07, 6.45) is -11.1. The summed E-state index contributed by atoms with van der Waals surface area (Å²) in [7, 11) is 0. The zero-order valence-corrected chi connectivity index (χ0v) is 35.7. The molecule has 16 nitrogen and oxygen atoms in total. The lowest BCUT2D eigenvalue weighted by Gasteiger charge is -2.67. The predicted octanol–water partition coefficient (Wildman–Crippen LogP) is 3.50. The molecular weight excluding hydrogens is 770 g/mol. The number of fused-ring (bicyclic) bond motifs is 5. The molecule has 1 amide bonds. The van der Waals surface area contributed by atoms with Crippen molar-refractivity contribution < 1.29 is 72.5 Å². The maximum atomic E-state index is 15.4. The van der Waals surface area contributed by atoms with Crippen molar-refractivity contribution in [3.05, 3.63) is 47.0 Å². The number of ketones is 1. The van der Waals surface area contributed by atoms with Gasteiger partial charge in [-0.25, -0.2) is 14.4 Å². The van der Waals surface area contributed by atoms with Crippen LogP contribution in [0.3, 0.4) is 0 Å². The van der Waals surface area contributed by atoms with Crippen LogP contribution in [0.5, 0.6) is 0 Å². The van der Waals surface area contributed by atoms with Gasteiger partial charge in [-0.15, -0.1) is 0 Å². The average Bonchev–Trinajstić information content (AvgIpc) is 3.11. The van der Waals surface area contributed by atoms with Gasteiger partial charge >= 0.3 is 30.0 Å². The molecule has 3 aliphatic carbocycles. The number of aliphatic hydroxyl groups excluding tert-OH is 2. The lowest BCUT2D eigenvalue weighted by atomic mass is 9.44. The van der Waals surface area contributed by atoms with E-state index in [9.17, 15) is 39.3 Å². The van der Waals surface area contributed by atoms with Crippen molar-refractivity contribution in [1.29, 1.82) is 0 Å². The summed E-state index contributed by atoms with van der Waals surface area (Å²) in [6, 6.07) is 6.66. The highest BCUT2D eigenvalue weighted by atomic mass is 16.6. The minimum Gasteiger partial charge on any atom is -0.456 e. The van der Waals surface area contributed by atoms with Crippen molar-refractivity contribution in [3.8, 4) is 0 Å². The van der Waals surface area contributed by atoms with E-state index >= 15 is 4.79 Å². The van der Waals surface area contributed by atoms with Gasteiger partial charge in [0.2, 0.25) is 0 Å². The number of carbonyl (C=O) groups is 6. The molecule has 1 aromatic carbocycles. The number of amides is 1. The fourth-order valence-electron chi connectivity index (χ4n) is 9.63. The summed E-state index contributed by atoms with van der Waals surface area (Å²) in [4.78, 5) is 82.3. The smallest absolute Gasteiger partial charge is 0.407 e. The molecule has 4 aliphatic rings. The van der Waals surface area contributed by atoms with Crippen LogP contribution >= 0.6 is 0 Å². The van der Waals surface area contributed by atoms with Crippen LogP contribution in [0.2, 0.25) is 0 Å². The monoisotopic (exact) mass is 829 g/mol. The Morgan fingerprint density at radius 3 is 2.14 bits per heavy atom. The molecule has 1 saturated heterocycles. The Morgan fingerprint density at radius 2 is 1.61 bits per heavy atom. The molecule has 2 saturated carbocycles. The number of carbonyl (C=O) groups excluding carboxylic acids is 6. The molecular formula is C43H59NO15. The molecule has 5 rings (SSSR count). The maximum absolute atomic E-state index is 15.4. The first-order chi connectivity index (χ1) is 27.2. The summed E-state index contributed by atoms with van der Waals surface area (Å²) in [5, 5.41) is 39.6. The summed E-state index contributed by atoms with van der Waals surface area (Å²) in [5.41, 5.74) is -8.45. The molecule has 11 atom stereocenters. The normalized spacial score (nSPS) is 33.4. The molecule has 0 radical (unpaired) electrons. The molecule has 0 aromatic heterocycles. The second-order valence-electron chi connectivity index (χ2n) is 18.5. The van der Waals surface area contributed by atoms with Crippen LogP contribution in [0.4, 0.5) is 4.79 Å². The number of Topliss-reactive ketones (excluding diaryl/α,β-unsaturated/α-hetero) is 1. The van der Waals surface area contributed by atoms with E-state index in [1.165, 1.54) is 26.0 Å². The first-order valence-corrected chi connectivity index (χ1v) is 20.0. The molecule has 1 aliphatic heterocycles. The van der Waals surface area contributed by atoms with Gasteiger partial charge in [0.05, 0.1) is 35.6 Å². The zero-order valence-electron chi connectivity index (χ0n) is 35.7. The third-order valence-electron chi connectivity index (χ3n) is 12.5. The SMILES string of the molecule is CC(=O)O[C@@H]1C(=O)[C@@]2(C)[C@H]([C@H](OC(=O)c3ccccc3)[C@]3(O)C[C@H](OC(=O)[C@@H](O)[C@H](CC(C)C)NC(=O)OC(C)(C)C)C(C)=C1C3(C)C)[C@]1(OC(C)=O)CO[C@@H]1C[C@@H]2O. The highest BCUT2D eigenvalue weighted by Gasteiger charge is 2.78. The van der Waals surface area contributed by atoms with E-state index in [-0.39, 0.29) is 42.1 Å². The fraction of sp³-hybridized carbons (Fsp3) is 0.674. The number of esters is 4. The number of rotatable bonds is 10.